The van der Waals surface area contributed by atoms with Crippen LogP contribution in [-0.2, 0) is 104 Å². The number of hydrogen-bond donors (Lipinski definition) is 2. The van der Waals surface area contributed by atoms with Crippen LogP contribution in [0.25, 0.3) is 122 Å². The highest BCUT2D eigenvalue weighted by molar-refractivity contribution is 6.02. The number of ether oxygens (including phenoxy) is 4. The van der Waals surface area contributed by atoms with Crippen LogP contribution in [0.15, 0.2) is 159 Å². The van der Waals surface area contributed by atoms with Crippen molar-refractivity contribution < 1.29 is 52.1 Å². The van der Waals surface area contributed by atoms with Crippen molar-refractivity contribution in [1.82, 2.24) is 119 Å². The molecule has 1 atom stereocenters. The molecule has 4 aromatic carbocycles. The first-order chi connectivity index (χ1) is 72.1. The molecule has 20 heterocycles. The molecule has 766 valence electrons. The number of rotatable bonds is 16. The minimum absolute atomic E-state index is 0.0127. The van der Waals surface area contributed by atoms with E-state index in [-0.39, 0.29) is 53.3 Å². The Kier molecular flexibility index (Phi) is 29.0. The second kappa shape index (κ2) is 43.3. The minimum Gasteiger partial charge on any atom is -0.381 e. The maximum Gasteiger partial charge on any atom is 0.317 e. The predicted octanol–water partition coefficient (Wildman–Crippen LogP) is 15.3. The largest absolute Gasteiger partial charge is 0.381 e. The molecule has 36 heteroatoms. The molecular weight excluding hydrogens is 1870 g/mol. The summed E-state index contributed by atoms with van der Waals surface area (Å²) in [4.78, 5) is 109. The predicted molar refractivity (Wildman–Crippen MR) is 560 cm³/mol. The van der Waals surface area contributed by atoms with Crippen molar-refractivity contribution in [2.45, 2.75) is 167 Å². The molecule has 9 aliphatic rings. The maximum absolute atomic E-state index is 15.6. The van der Waals surface area contributed by atoms with Crippen LogP contribution in [0.1, 0.15) is 171 Å². The summed E-state index contributed by atoms with van der Waals surface area (Å²) in [6.07, 6.45) is 29.1. The molecule has 0 bridgehead atoms. The quantitative estimate of drug-likeness (QED) is 0.0907. The number of benzene rings is 4. The summed E-state index contributed by atoms with van der Waals surface area (Å²) in [5.41, 5.74) is 21.8. The van der Waals surface area contributed by atoms with Crippen molar-refractivity contribution in [3.05, 3.63) is 215 Å². The smallest absolute Gasteiger partial charge is 0.317 e. The van der Waals surface area contributed by atoms with Gasteiger partial charge in [-0.25, -0.2) is 14.2 Å². The highest BCUT2D eigenvalue weighted by Gasteiger charge is 2.39. The van der Waals surface area contributed by atoms with Gasteiger partial charge in [0, 0.05) is 348 Å². The normalized spacial score (nSPS) is 17.2. The Labute approximate surface area is 857 Å². The van der Waals surface area contributed by atoms with Gasteiger partial charge in [0.1, 0.15) is 23.0 Å². The Bertz CT molecular complexity index is 7520. The Balaban J connectivity index is 0.000000116. The first-order valence-corrected chi connectivity index (χ1v) is 52.0. The zero-order chi connectivity index (χ0) is 102. The number of halogens is 1. The Morgan fingerprint density at radius 1 is 0.419 bits per heavy atom. The summed E-state index contributed by atoms with van der Waals surface area (Å²) in [7, 11) is 10.6. The van der Waals surface area contributed by atoms with E-state index in [0.717, 1.165) is 276 Å². The number of nitrogens with zero attached hydrogens (tertiary/aromatic N) is 23. The Morgan fingerprint density at radius 3 is 1.23 bits per heavy atom. The van der Waals surface area contributed by atoms with E-state index in [4.69, 9.17) is 54.3 Å². The third kappa shape index (κ3) is 20.0. The number of amides is 7. The first-order valence-electron chi connectivity index (χ1n) is 52.0. The van der Waals surface area contributed by atoms with Crippen molar-refractivity contribution in [3.63, 3.8) is 0 Å². The Hall–Kier alpha value is -14.9. The van der Waals surface area contributed by atoms with Gasteiger partial charge in [0.05, 0.1) is 83.2 Å². The van der Waals surface area contributed by atoms with Gasteiger partial charge in [0.2, 0.25) is 23.6 Å². The molecule has 35 nitrogen and oxygen atoms in total. The fraction of sp³-hybridized carbons (Fsp3) is 0.420. The van der Waals surface area contributed by atoms with Crippen LogP contribution in [0.5, 0.6) is 0 Å². The van der Waals surface area contributed by atoms with Crippen LogP contribution in [0.4, 0.5) is 15.0 Å². The number of hydrogen-bond acceptors (Lipinski definition) is 22. The van der Waals surface area contributed by atoms with E-state index >= 15 is 4.39 Å². The average molecular weight is 2000 g/mol. The summed E-state index contributed by atoms with van der Waals surface area (Å²) in [6.45, 7) is 17.9. The number of pyridine rings is 5. The summed E-state index contributed by atoms with van der Waals surface area (Å²) in [5.74, 6) is 0.989. The molecule has 0 spiro atoms. The lowest BCUT2D eigenvalue weighted by atomic mass is 9.96. The maximum atomic E-state index is 15.6. The summed E-state index contributed by atoms with van der Waals surface area (Å²) in [5, 5.41) is 42.4. The van der Waals surface area contributed by atoms with Crippen LogP contribution in [0, 0.1) is 11.7 Å². The topological polar surface area (TPSA) is 354 Å². The molecular formula is C112H126FN25O10. The standard InChI is InChI=1S/C30H32N6O3.C29H36N6O3.C27H30N6O2.C26H28FN7O2/c1-3-28(37)35-12-9-27-24(18-35)29(34-36(27)21-10-13-39-14-11-21)22-6-4-5-19-15-26(33-17-23(19)22)20-7-8-25(32-16-20)30(38)31-2;1-19(36)33-12-8-26-25(18-33)28(31-35(26)22-9-13-38-14-10-22)23-6-4-5-20-15-27(30-16-24(20)23)34-11-7-21(17-34)29(37)32(2)3;1-3-26(34)32-10-7-25-23(17-32)27(30-33(25)20-8-11-35-12-9-20)21-6-4-5-18-13-24(28-15-22(18)21)19-14-29-31(2)16-19;1-28-26(35)33-8-5-23-20(15-33)25(31-34(23)18-6-9-36-10-7-18)24-19-13-29-22(17-12-30-32(2)14-17)11-16(19)3-4-21(24)27/h4-8,15-17,21H,3,9-14,18H2,1-2H3,(H,31,38);4-6,15-16,21-22H,7-14,17-18H2,1-3H3;4-6,13-16,20H,3,7-12,17H2,1-2H3;3-4,11-14,18H,5-10,15H2,1-2H3,(H,28,35). The number of urea groups is 1. The highest BCUT2D eigenvalue weighted by atomic mass is 19.1. The van der Waals surface area contributed by atoms with Crippen molar-refractivity contribution in [2.75, 3.05) is 125 Å². The molecule has 11 aromatic heterocycles. The first kappa shape index (κ1) is 99.1. The monoisotopic (exact) mass is 2000 g/mol. The number of aromatic nitrogens is 17. The molecule has 148 heavy (non-hydrogen) atoms. The van der Waals surface area contributed by atoms with Gasteiger partial charge in [-0.1, -0.05) is 74.5 Å². The van der Waals surface area contributed by atoms with Gasteiger partial charge >= 0.3 is 6.03 Å². The third-order valence-electron chi connectivity index (χ3n) is 30.7. The van der Waals surface area contributed by atoms with Crippen molar-refractivity contribution in [3.8, 4) is 78.8 Å². The molecule has 0 saturated carbocycles. The van der Waals surface area contributed by atoms with Crippen molar-refractivity contribution >= 4 is 84.5 Å². The zero-order valence-corrected chi connectivity index (χ0v) is 85.5. The van der Waals surface area contributed by atoms with Crippen LogP contribution >= 0.6 is 0 Å². The fourth-order valence-electron chi connectivity index (χ4n) is 22.7. The van der Waals surface area contributed by atoms with Gasteiger partial charge in [-0.05, 0) is 122 Å². The lowest BCUT2D eigenvalue weighted by molar-refractivity contribution is -0.132. The summed E-state index contributed by atoms with van der Waals surface area (Å²) >= 11 is 0. The van der Waals surface area contributed by atoms with Gasteiger partial charge in [0.15, 0.2) is 0 Å². The van der Waals surface area contributed by atoms with Gasteiger partial charge in [-0.2, -0.15) is 30.6 Å². The molecule has 7 amide bonds. The molecule has 1 unspecified atom stereocenters. The van der Waals surface area contributed by atoms with E-state index in [1.54, 1.807) is 70.9 Å². The number of nitrogens with one attached hydrogen (secondary N) is 2. The second-order valence-electron chi connectivity index (χ2n) is 40.0. The highest BCUT2D eigenvalue weighted by Crippen LogP contribution is 2.46. The number of anilines is 1. The molecule has 0 aliphatic carbocycles. The van der Waals surface area contributed by atoms with Crippen LogP contribution in [0.3, 0.4) is 0 Å². The van der Waals surface area contributed by atoms with Crippen molar-refractivity contribution in [2.24, 2.45) is 20.0 Å². The molecule has 0 radical (unpaired) electrons. The minimum atomic E-state index is -0.352. The lowest BCUT2D eigenvalue weighted by Gasteiger charge is -2.30. The van der Waals surface area contributed by atoms with Gasteiger partial charge in [-0.3, -0.25) is 72.0 Å². The number of aryl methyl sites for hydroxylation is 2. The second-order valence-corrected chi connectivity index (χ2v) is 40.0. The number of fused-ring (bicyclic) bond motifs is 8. The van der Waals surface area contributed by atoms with Gasteiger partial charge < -0.3 is 59.0 Å². The van der Waals surface area contributed by atoms with Gasteiger partial charge in [0.25, 0.3) is 5.91 Å². The fourth-order valence-corrected chi connectivity index (χ4v) is 22.7. The molecule has 9 aliphatic heterocycles. The summed E-state index contributed by atoms with van der Waals surface area (Å²) < 4.78 is 50.3. The van der Waals surface area contributed by atoms with E-state index in [1.165, 1.54) is 28.7 Å². The molecule has 5 saturated heterocycles. The van der Waals surface area contributed by atoms with Crippen molar-refractivity contribution in [1.29, 1.82) is 0 Å². The third-order valence-corrected chi connectivity index (χ3v) is 30.7. The molecule has 15 aromatic rings. The molecule has 24 rings (SSSR count). The van der Waals surface area contributed by atoms with Crippen LogP contribution in [0.2, 0.25) is 0 Å². The summed E-state index contributed by atoms with van der Waals surface area (Å²) in [6, 6.07) is 35.0. The van der Waals surface area contributed by atoms with Crippen LogP contribution in [-0.4, -0.2) is 264 Å². The Morgan fingerprint density at radius 2 is 0.818 bits per heavy atom. The van der Waals surface area contributed by atoms with E-state index < -0.39 is 0 Å². The van der Waals surface area contributed by atoms with E-state index in [2.05, 4.69) is 115 Å². The number of carbonyl (C=O) groups excluding carboxylic acids is 6. The SMILES string of the molecule is CC(=O)N1CCc2c(c(-c3cccc4cc(N5CCC(C(=O)N(C)C)C5)ncc34)nn2C2CCOCC2)C1.CCC(=O)N1CCc2c(c(-c3cccc4cc(-c5ccc(C(=O)NC)nc5)ncc34)nn2C2CCOCC2)C1.CCC(=O)N1CCc2c(c(-c3cccc4cc(-c5cnn(C)c5)ncc34)nn2C2CCOCC2)C1.CNC(=O)N1CCc2c(c(-c3c(F)ccc4cc(-c5cnn(C)c5)ncc34)nn2C2CCOCC2)C1. The van der Waals surface area contributed by atoms with E-state index in [9.17, 15) is 28.8 Å². The molecule has 5 fully saturated rings. The molecule has 2 N–H and O–H groups in total. The lowest BCUT2D eigenvalue weighted by Crippen LogP contribution is -2.41. The van der Waals surface area contributed by atoms with Crippen LogP contribution < -0.4 is 15.5 Å². The van der Waals surface area contributed by atoms with Gasteiger partial charge in [-0.15, -0.1) is 0 Å². The zero-order valence-electron chi connectivity index (χ0n) is 85.5. The van der Waals surface area contributed by atoms with E-state index in [1.807, 2.05) is 118 Å². The van der Waals surface area contributed by atoms with E-state index in [0.29, 0.717) is 112 Å². The number of carbonyl (C=O) groups is 6. The average Bonchev–Trinajstić information content (AvgIpc) is 1.58.